The fourth-order valence-electron chi connectivity index (χ4n) is 3.97. The molecule has 0 aliphatic heterocycles. The van der Waals surface area contributed by atoms with Crippen LogP contribution in [0.4, 0.5) is 0 Å². The van der Waals surface area contributed by atoms with Gasteiger partial charge < -0.3 is 41.9 Å². The molecule has 13 nitrogen and oxygen atoms in total. The monoisotopic (exact) mass is 527 g/mol. The average molecular weight is 528 g/mol. The predicted octanol–water partition coefficient (Wildman–Crippen LogP) is -0.809. The average Bonchev–Trinajstić information content (AvgIpc) is 3.54. The van der Waals surface area contributed by atoms with Gasteiger partial charge in [0.15, 0.2) is 0 Å². The first-order valence-electron chi connectivity index (χ1n) is 12.1. The minimum absolute atomic E-state index is 0.0382. The molecule has 2 heterocycles. The van der Waals surface area contributed by atoms with E-state index in [0.717, 1.165) is 16.5 Å². The van der Waals surface area contributed by atoms with Gasteiger partial charge in [0.2, 0.25) is 17.7 Å². The van der Waals surface area contributed by atoms with E-state index < -0.39 is 60.4 Å². The van der Waals surface area contributed by atoms with Crippen molar-refractivity contribution in [2.24, 2.45) is 11.7 Å². The molecule has 204 valence electrons. The summed E-state index contributed by atoms with van der Waals surface area (Å²) in [5, 5.41) is 27.6. The van der Waals surface area contributed by atoms with Crippen molar-refractivity contribution in [1.82, 2.24) is 30.9 Å². The molecular formula is C25H33N7O6. The zero-order valence-corrected chi connectivity index (χ0v) is 21.1. The molecule has 0 fully saturated rings. The maximum Gasteiger partial charge on any atom is 0.326 e. The number of aromatic nitrogens is 3. The molecule has 1 aromatic carbocycles. The number of hydrogen-bond acceptors (Lipinski definition) is 7. The Morgan fingerprint density at radius 1 is 0.974 bits per heavy atom. The number of carbonyl (C=O) groups excluding carboxylic acids is 3. The third-order valence-corrected chi connectivity index (χ3v) is 6.11. The maximum absolute atomic E-state index is 12.9. The summed E-state index contributed by atoms with van der Waals surface area (Å²) in [5.74, 6) is -3.87. The number of amides is 3. The van der Waals surface area contributed by atoms with Crippen molar-refractivity contribution < 1.29 is 29.4 Å². The van der Waals surface area contributed by atoms with E-state index in [9.17, 15) is 29.4 Å². The van der Waals surface area contributed by atoms with Gasteiger partial charge in [-0.15, -0.1) is 0 Å². The highest BCUT2D eigenvalue weighted by molar-refractivity contribution is 5.94. The smallest absolute Gasteiger partial charge is 0.326 e. The molecule has 0 saturated heterocycles. The third-order valence-electron chi connectivity index (χ3n) is 6.11. The Morgan fingerprint density at radius 2 is 1.68 bits per heavy atom. The number of para-hydroxylation sites is 1. The second-order valence-corrected chi connectivity index (χ2v) is 9.32. The van der Waals surface area contributed by atoms with Crippen LogP contribution in [0.1, 0.15) is 25.1 Å². The van der Waals surface area contributed by atoms with Gasteiger partial charge in [-0.25, -0.2) is 9.78 Å². The summed E-state index contributed by atoms with van der Waals surface area (Å²) >= 11 is 0. The largest absolute Gasteiger partial charge is 0.480 e. The van der Waals surface area contributed by atoms with Gasteiger partial charge in [0.1, 0.15) is 18.1 Å². The van der Waals surface area contributed by atoms with Crippen molar-refractivity contribution in [3.8, 4) is 0 Å². The van der Waals surface area contributed by atoms with Gasteiger partial charge in [-0.3, -0.25) is 14.4 Å². The van der Waals surface area contributed by atoms with Crippen LogP contribution < -0.4 is 21.7 Å². The number of nitrogens with zero attached hydrogens (tertiary/aromatic N) is 1. The van der Waals surface area contributed by atoms with Crippen LogP contribution in [0.5, 0.6) is 0 Å². The van der Waals surface area contributed by atoms with Gasteiger partial charge in [-0.05, 0) is 24.0 Å². The predicted molar refractivity (Wildman–Crippen MR) is 138 cm³/mol. The summed E-state index contributed by atoms with van der Waals surface area (Å²) in [5.41, 5.74) is 8.31. The first-order chi connectivity index (χ1) is 18.1. The van der Waals surface area contributed by atoms with Gasteiger partial charge in [0.25, 0.3) is 0 Å². The standard InChI is InChI=1S/C25H33N7O6/c1-13(2)21(24(36)30-19(25(37)38)8-15-10-27-12-29-15)32-23(35)20(11-33)31-22(34)17(26)7-14-9-28-18-6-4-3-5-16(14)18/h3-6,9-10,12-13,17,19-21,28,33H,7-8,11,26H2,1-2H3,(H,27,29)(H,30,36)(H,31,34)(H,32,35)(H,37,38). The minimum atomic E-state index is -1.37. The number of aliphatic hydroxyl groups is 1. The number of hydrogen-bond donors (Lipinski definition) is 8. The van der Waals surface area contributed by atoms with E-state index >= 15 is 0 Å². The number of aliphatic carboxylic acids is 1. The molecular weight excluding hydrogens is 494 g/mol. The molecule has 0 aliphatic rings. The number of rotatable bonds is 13. The zero-order valence-electron chi connectivity index (χ0n) is 21.1. The van der Waals surface area contributed by atoms with Crippen molar-refractivity contribution in [2.75, 3.05) is 6.61 Å². The maximum atomic E-state index is 12.9. The lowest BCUT2D eigenvalue weighted by Gasteiger charge is -2.26. The number of carboxylic acid groups (broad SMARTS) is 1. The Morgan fingerprint density at radius 3 is 2.32 bits per heavy atom. The molecule has 3 amide bonds. The molecule has 0 bridgehead atoms. The molecule has 0 saturated carbocycles. The van der Waals surface area contributed by atoms with Crippen LogP contribution in [0.3, 0.4) is 0 Å². The highest BCUT2D eigenvalue weighted by atomic mass is 16.4. The molecule has 4 atom stereocenters. The highest BCUT2D eigenvalue weighted by Gasteiger charge is 2.32. The van der Waals surface area contributed by atoms with Gasteiger partial charge in [-0.1, -0.05) is 32.0 Å². The van der Waals surface area contributed by atoms with Crippen LogP contribution in [-0.4, -0.2) is 79.6 Å². The number of aromatic amines is 2. The third kappa shape index (κ3) is 7.17. The number of H-pyrrole nitrogens is 2. The summed E-state index contributed by atoms with van der Waals surface area (Å²) in [6.07, 6.45) is 4.75. The van der Waals surface area contributed by atoms with Crippen LogP contribution in [0.2, 0.25) is 0 Å². The van der Waals surface area contributed by atoms with E-state index in [2.05, 4.69) is 30.9 Å². The highest BCUT2D eigenvalue weighted by Crippen LogP contribution is 2.18. The first-order valence-corrected chi connectivity index (χ1v) is 12.1. The lowest BCUT2D eigenvalue weighted by atomic mass is 10.0. The number of fused-ring (bicyclic) bond motifs is 1. The number of imidazole rings is 1. The van der Waals surface area contributed by atoms with Gasteiger partial charge >= 0.3 is 5.97 Å². The van der Waals surface area contributed by atoms with E-state index in [-0.39, 0.29) is 12.8 Å². The van der Waals surface area contributed by atoms with E-state index in [1.54, 1.807) is 20.0 Å². The van der Waals surface area contributed by atoms with E-state index in [4.69, 9.17) is 5.73 Å². The summed E-state index contributed by atoms with van der Waals surface area (Å²) in [6.45, 7) is 2.60. The van der Waals surface area contributed by atoms with Crippen LogP contribution in [0.15, 0.2) is 43.0 Å². The zero-order chi connectivity index (χ0) is 27.8. The Bertz CT molecular complexity index is 1260. The first kappa shape index (κ1) is 28.3. The molecule has 9 N–H and O–H groups in total. The Labute approximate surface area is 218 Å². The molecule has 3 rings (SSSR count). The number of aliphatic hydroxyl groups excluding tert-OH is 1. The van der Waals surface area contributed by atoms with Crippen LogP contribution in [0, 0.1) is 5.92 Å². The topological polar surface area (TPSA) is 215 Å². The van der Waals surface area contributed by atoms with Crippen molar-refractivity contribution in [2.45, 2.75) is 50.9 Å². The summed E-state index contributed by atoms with van der Waals surface area (Å²) in [7, 11) is 0. The second kappa shape index (κ2) is 12.8. The molecule has 0 spiro atoms. The summed E-state index contributed by atoms with van der Waals surface area (Å²) < 4.78 is 0. The van der Waals surface area contributed by atoms with Crippen molar-refractivity contribution in [3.05, 3.63) is 54.2 Å². The van der Waals surface area contributed by atoms with Gasteiger partial charge in [0, 0.05) is 35.4 Å². The molecule has 38 heavy (non-hydrogen) atoms. The van der Waals surface area contributed by atoms with Gasteiger partial charge in [0.05, 0.1) is 19.0 Å². The SMILES string of the molecule is CC(C)C(NC(=O)C(CO)NC(=O)C(N)Cc1c[nH]c2ccccc12)C(=O)NC(Cc1cnc[nH]1)C(=O)O. The van der Waals surface area contributed by atoms with Crippen molar-refractivity contribution >= 4 is 34.6 Å². The minimum Gasteiger partial charge on any atom is -0.480 e. The quantitative estimate of drug-likeness (QED) is 0.140. The Hall–Kier alpha value is -4.23. The number of carbonyl (C=O) groups is 4. The second-order valence-electron chi connectivity index (χ2n) is 9.32. The lowest BCUT2D eigenvalue weighted by Crippen LogP contribution is -2.59. The van der Waals surface area contributed by atoms with Gasteiger partial charge in [-0.2, -0.15) is 0 Å². The fourth-order valence-corrected chi connectivity index (χ4v) is 3.97. The molecule has 2 aromatic heterocycles. The normalized spacial score (nSPS) is 14.4. The van der Waals surface area contributed by atoms with Crippen molar-refractivity contribution in [1.29, 1.82) is 0 Å². The molecule has 3 aromatic rings. The fraction of sp³-hybridized carbons (Fsp3) is 0.400. The van der Waals surface area contributed by atoms with E-state index in [0.29, 0.717) is 5.69 Å². The molecule has 0 radical (unpaired) electrons. The van der Waals surface area contributed by atoms with E-state index in [1.165, 1.54) is 12.5 Å². The van der Waals surface area contributed by atoms with Crippen LogP contribution in [0.25, 0.3) is 10.9 Å². The molecule has 13 heteroatoms. The number of benzene rings is 1. The Balaban J connectivity index is 1.61. The van der Waals surface area contributed by atoms with Crippen LogP contribution in [-0.2, 0) is 32.0 Å². The number of nitrogens with one attached hydrogen (secondary N) is 5. The molecule has 4 unspecified atom stereocenters. The number of nitrogens with two attached hydrogens (primary N) is 1. The van der Waals surface area contributed by atoms with Crippen LogP contribution >= 0.6 is 0 Å². The van der Waals surface area contributed by atoms with E-state index in [1.807, 2.05) is 24.3 Å². The summed E-state index contributed by atoms with van der Waals surface area (Å²) in [4.78, 5) is 59.9. The van der Waals surface area contributed by atoms with Crippen molar-refractivity contribution in [3.63, 3.8) is 0 Å². The Kier molecular flexibility index (Phi) is 9.57. The lowest BCUT2D eigenvalue weighted by molar-refractivity contribution is -0.142. The number of carboxylic acids is 1. The summed E-state index contributed by atoms with van der Waals surface area (Å²) in [6, 6.07) is 2.78. The molecule has 0 aliphatic carbocycles.